The Morgan fingerprint density at radius 1 is 0.882 bits per heavy atom. The van der Waals surface area contributed by atoms with Crippen molar-refractivity contribution in [2.45, 2.75) is 78.1 Å². The molecule has 0 bridgehead atoms. The van der Waals surface area contributed by atoms with Crippen LogP contribution in [0.2, 0.25) is 5.02 Å². The average Bonchev–Trinajstić information content (AvgIpc) is 4.04. The third-order valence-electron chi connectivity index (χ3n) is 13.1. The van der Waals surface area contributed by atoms with Gasteiger partial charge in [0.15, 0.2) is 11.5 Å². The van der Waals surface area contributed by atoms with Gasteiger partial charge in [0, 0.05) is 75.8 Å². The number of hydrogen-bond donors (Lipinski definition) is 4. The number of carbonyl (C=O) groups is 4. The molecule has 2 saturated heterocycles. The molecule has 0 radical (unpaired) electrons. The van der Waals surface area contributed by atoms with Crippen LogP contribution in [0, 0.1) is 18.2 Å². The highest BCUT2D eigenvalue weighted by atomic mass is 35.5. The smallest absolute Gasteiger partial charge is 0.246 e. The molecule has 76 heavy (non-hydrogen) atoms. The molecule has 22 heteroatoms. The molecule has 2 aromatic heterocycles. The molecule has 0 spiro atoms. The molecule has 2 aliphatic heterocycles. The van der Waals surface area contributed by atoms with Crippen LogP contribution in [0.15, 0.2) is 66.4 Å². The van der Waals surface area contributed by atoms with Gasteiger partial charge < -0.3 is 54.5 Å². The number of thiazole rings is 1. The summed E-state index contributed by atoms with van der Waals surface area (Å²) in [6.07, 6.45) is 1.69. The Bertz CT molecular complexity index is 2740. The van der Waals surface area contributed by atoms with Crippen LogP contribution >= 0.6 is 22.9 Å². The number of amides is 4. The van der Waals surface area contributed by atoms with E-state index in [1.165, 1.54) is 23.4 Å². The zero-order valence-corrected chi connectivity index (χ0v) is 45.4. The number of nitrogens with zero attached hydrogens (tertiary/aromatic N) is 6. The quantitative estimate of drug-likeness (QED) is 0.0456. The molecule has 0 unspecified atom stereocenters. The van der Waals surface area contributed by atoms with E-state index in [0.29, 0.717) is 66.8 Å². The molecule has 4 N–H and O–H groups in total. The van der Waals surface area contributed by atoms with Gasteiger partial charge in [0.05, 0.1) is 92.5 Å². The maximum atomic E-state index is 14.0. The first-order valence-electron chi connectivity index (χ1n) is 25.5. The van der Waals surface area contributed by atoms with Crippen molar-refractivity contribution in [3.05, 3.63) is 88.5 Å². The molecule has 2 fully saturated rings. The summed E-state index contributed by atoms with van der Waals surface area (Å²) in [4.78, 5) is 73.1. The van der Waals surface area contributed by atoms with Crippen LogP contribution in [-0.4, -0.2) is 169 Å². The number of benzene rings is 3. The first-order chi connectivity index (χ1) is 36.6. The lowest BCUT2D eigenvalue weighted by Gasteiger charge is -2.35. The number of halogens is 2. The van der Waals surface area contributed by atoms with Crippen molar-refractivity contribution in [1.29, 1.82) is 0 Å². The Morgan fingerprint density at radius 2 is 1.59 bits per heavy atom. The highest BCUT2D eigenvalue weighted by molar-refractivity contribution is 7.13. The minimum Gasteiger partial charge on any atom is -0.493 e. The fourth-order valence-corrected chi connectivity index (χ4v) is 9.87. The fourth-order valence-electron chi connectivity index (χ4n) is 8.88. The topological polar surface area (TPSA) is 219 Å². The summed E-state index contributed by atoms with van der Waals surface area (Å²) >= 11 is 7.55. The lowest BCUT2D eigenvalue weighted by molar-refractivity contribution is -0.144. The van der Waals surface area contributed by atoms with Gasteiger partial charge in [-0.2, -0.15) is 0 Å². The first kappa shape index (κ1) is 57.6. The number of aryl methyl sites for hydroxylation is 1. The highest BCUT2D eigenvalue weighted by Crippen LogP contribution is 2.36. The van der Waals surface area contributed by atoms with E-state index in [2.05, 4.69) is 35.8 Å². The summed E-state index contributed by atoms with van der Waals surface area (Å²) in [6, 6.07) is 14.0. The molecule has 4 heterocycles. The second-order valence-corrected chi connectivity index (χ2v) is 21.0. The maximum absolute atomic E-state index is 14.0. The van der Waals surface area contributed by atoms with E-state index in [4.69, 9.17) is 35.3 Å². The third kappa shape index (κ3) is 16.2. The zero-order chi connectivity index (χ0) is 54.2. The number of likely N-dealkylation sites (tertiary alicyclic amines) is 1. The van der Waals surface area contributed by atoms with E-state index >= 15 is 0 Å². The van der Waals surface area contributed by atoms with Gasteiger partial charge in [-0.3, -0.25) is 24.1 Å². The number of fused-ring (bicyclic) bond motifs is 1. The second-order valence-electron chi connectivity index (χ2n) is 19.7. The lowest BCUT2D eigenvalue weighted by Crippen LogP contribution is -2.57. The number of piperazine rings is 1. The number of carbonyl (C=O) groups excluding carboxylic acids is 4. The number of methoxy groups -OCH3 is 1. The summed E-state index contributed by atoms with van der Waals surface area (Å²) in [5, 5.41) is 20.2. The number of β-amino-alcohol motifs (C(OH)–C–C–N with tert-alkyl or cyclic N) is 1. The predicted molar refractivity (Wildman–Crippen MR) is 287 cm³/mol. The van der Waals surface area contributed by atoms with E-state index in [9.17, 15) is 28.7 Å². The van der Waals surface area contributed by atoms with E-state index in [1.807, 2.05) is 68.4 Å². The molecule has 410 valence electrons. The number of anilines is 2. The van der Waals surface area contributed by atoms with Crippen molar-refractivity contribution in [1.82, 2.24) is 40.3 Å². The number of aliphatic hydroxyl groups is 1. The summed E-state index contributed by atoms with van der Waals surface area (Å²) < 4.78 is 42.4. The molecule has 3 atom stereocenters. The number of rotatable bonds is 26. The van der Waals surface area contributed by atoms with E-state index < -0.39 is 35.3 Å². The van der Waals surface area contributed by atoms with Gasteiger partial charge in [-0.25, -0.2) is 19.3 Å². The highest BCUT2D eigenvalue weighted by Gasteiger charge is 2.44. The maximum Gasteiger partial charge on any atom is 0.246 e. The van der Waals surface area contributed by atoms with Crippen LogP contribution < -0.4 is 25.4 Å². The van der Waals surface area contributed by atoms with E-state index in [0.717, 1.165) is 47.8 Å². The van der Waals surface area contributed by atoms with Crippen molar-refractivity contribution in [2.75, 3.05) is 97.9 Å². The van der Waals surface area contributed by atoms with Crippen LogP contribution in [-0.2, 0) is 39.9 Å². The summed E-state index contributed by atoms with van der Waals surface area (Å²) in [5.41, 5.74) is 5.23. The van der Waals surface area contributed by atoms with Crippen molar-refractivity contribution < 1.29 is 52.4 Å². The van der Waals surface area contributed by atoms with Gasteiger partial charge >= 0.3 is 0 Å². The Morgan fingerprint density at radius 3 is 2.26 bits per heavy atom. The third-order valence-corrected chi connectivity index (χ3v) is 14.4. The molecule has 0 aliphatic carbocycles. The normalized spacial score (nSPS) is 16.4. The molecule has 19 nitrogen and oxygen atoms in total. The molecular weight excluding hydrogens is 1020 g/mol. The van der Waals surface area contributed by atoms with Crippen molar-refractivity contribution >= 4 is 69.0 Å². The Kier molecular flexibility index (Phi) is 21.1. The van der Waals surface area contributed by atoms with Crippen molar-refractivity contribution in [2.24, 2.45) is 5.41 Å². The number of hydrogen-bond acceptors (Lipinski definition) is 16. The standard InChI is InChI=1S/C54H69ClFN9O10S/c1-35-49(76-34-60-35)37-9-7-36(8-10-37)31-57-52(69)44-28-39(66)32-65(44)53(70)50(54(2,3)4)62-47(67)13-21-72-23-25-74-26-24-73-22-14-48(68)64-18-16-63(17-19-64)15-6-20-75-46-29-40-43(30-45(46)71-5)58-33-59-51(40)61-38-11-12-42(56)41(55)27-38/h7-12,27,29-30,33-34,39,44,50,66H,6,13-26,28,31-32H2,1-5H3,(H,57,69)(H,62,67)(H,58,59,61)/t39-,44+,50-/m1/s1. The minimum atomic E-state index is -0.944. The van der Waals surface area contributed by atoms with Crippen LogP contribution in [0.3, 0.4) is 0 Å². The van der Waals surface area contributed by atoms with Gasteiger partial charge in [0.25, 0.3) is 0 Å². The van der Waals surface area contributed by atoms with E-state index in [1.54, 1.807) is 30.6 Å². The summed E-state index contributed by atoms with van der Waals surface area (Å²) in [6.45, 7) is 13.3. The van der Waals surface area contributed by atoms with Gasteiger partial charge in [-0.1, -0.05) is 56.6 Å². The molecule has 4 amide bonds. The number of aromatic nitrogens is 3. The van der Waals surface area contributed by atoms with Crippen molar-refractivity contribution in [3.8, 4) is 21.9 Å². The predicted octanol–water partition coefficient (Wildman–Crippen LogP) is 6.16. The monoisotopic (exact) mass is 1090 g/mol. The first-order valence-corrected chi connectivity index (χ1v) is 26.8. The Balaban J connectivity index is 0.715. The van der Waals surface area contributed by atoms with Crippen LogP contribution in [0.4, 0.5) is 15.9 Å². The van der Waals surface area contributed by atoms with Crippen LogP contribution in [0.1, 0.15) is 57.7 Å². The summed E-state index contributed by atoms with van der Waals surface area (Å²) in [7, 11) is 1.57. The Hall–Kier alpha value is -6.07. The van der Waals surface area contributed by atoms with Crippen LogP contribution in [0.5, 0.6) is 11.5 Å². The number of ether oxygens (including phenoxy) is 5. The molecule has 7 rings (SSSR count). The van der Waals surface area contributed by atoms with Gasteiger partial charge in [-0.05, 0) is 54.2 Å². The molecular formula is C54H69ClFN9O10S. The molecule has 5 aromatic rings. The molecule has 3 aromatic carbocycles. The second kappa shape index (κ2) is 27.8. The lowest BCUT2D eigenvalue weighted by atomic mass is 9.85. The zero-order valence-electron chi connectivity index (χ0n) is 43.8. The largest absolute Gasteiger partial charge is 0.493 e. The molecule has 0 saturated carbocycles. The Labute approximate surface area is 451 Å². The van der Waals surface area contributed by atoms with Crippen molar-refractivity contribution in [3.63, 3.8) is 0 Å². The van der Waals surface area contributed by atoms with Crippen LogP contribution in [0.25, 0.3) is 21.3 Å². The SMILES string of the molecule is COc1cc2ncnc(Nc3ccc(F)c(Cl)c3)c2cc1OCCCN1CCN(C(=O)CCOCCOCCOCCC(=O)N[C@H](C(=O)N2C[C@H](O)C[C@H]2C(=O)NCc2ccc(-c3scnc3C)cc2)C(C)(C)C)CC1. The van der Waals surface area contributed by atoms with E-state index in [-0.39, 0.29) is 81.5 Å². The number of aliphatic hydroxyl groups excluding tert-OH is 1. The summed E-state index contributed by atoms with van der Waals surface area (Å²) in [5.74, 6) is -0.0677. The van der Waals surface area contributed by atoms with Gasteiger partial charge in [0.1, 0.15) is 30.0 Å². The van der Waals surface area contributed by atoms with Gasteiger partial charge in [0.2, 0.25) is 23.6 Å². The average molecular weight is 1090 g/mol. The van der Waals surface area contributed by atoms with Gasteiger partial charge in [-0.15, -0.1) is 11.3 Å². The molecule has 2 aliphatic rings. The minimum absolute atomic E-state index is 0.00360. The fraction of sp³-hybridized carbons (Fsp3) is 0.500. The number of nitrogens with one attached hydrogen (secondary N) is 3.